The van der Waals surface area contributed by atoms with Crippen LogP contribution in [0.25, 0.3) is 0 Å². The highest BCUT2D eigenvalue weighted by atomic mass is 16.2. The lowest BCUT2D eigenvalue weighted by Gasteiger charge is -2.34. The van der Waals surface area contributed by atoms with Gasteiger partial charge in [-0.2, -0.15) is 5.26 Å². The van der Waals surface area contributed by atoms with Crippen LogP contribution >= 0.6 is 0 Å². The van der Waals surface area contributed by atoms with Gasteiger partial charge < -0.3 is 10.2 Å². The largest absolute Gasteiger partial charge is 0.371 e. The Hall–Kier alpha value is -2.35. The van der Waals surface area contributed by atoms with Crippen molar-refractivity contribution in [2.75, 3.05) is 24.5 Å². The number of ketones is 1. The van der Waals surface area contributed by atoms with Crippen LogP contribution in [0.15, 0.2) is 18.2 Å². The molecule has 0 spiro atoms. The smallest absolute Gasteiger partial charge is 0.223 e. The number of Topliss-reactive ketones (excluding diaryl/α,β-unsaturated/α-hetero) is 1. The number of unbranched alkanes of at least 4 members (excludes halogenated alkanes) is 1. The molecule has 1 aliphatic heterocycles. The second kappa shape index (κ2) is 8.49. The van der Waals surface area contributed by atoms with Crippen molar-refractivity contribution < 1.29 is 9.59 Å². The minimum Gasteiger partial charge on any atom is -0.371 e. The molecule has 1 aromatic rings. The summed E-state index contributed by atoms with van der Waals surface area (Å²) in [4.78, 5) is 26.1. The Kier molecular flexibility index (Phi) is 6.36. The summed E-state index contributed by atoms with van der Waals surface area (Å²) in [5.41, 5.74) is 2.00. The van der Waals surface area contributed by atoms with Gasteiger partial charge in [-0.25, -0.2) is 0 Å². The maximum atomic E-state index is 12.2. The van der Waals surface area contributed by atoms with Crippen LogP contribution in [0.2, 0.25) is 0 Å². The maximum Gasteiger partial charge on any atom is 0.223 e. The normalized spacial score (nSPS) is 15.0. The van der Waals surface area contributed by atoms with Gasteiger partial charge in [0, 0.05) is 36.8 Å². The van der Waals surface area contributed by atoms with E-state index in [0.717, 1.165) is 51.0 Å². The molecular weight excluding hydrogens is 302 g/mol. The summed E-state index contributed by atoms with van der Waals surface area (Å²) in [6.45, 7) is 5.84. The molecule has 0 aromatic heterocycles. The van der Waals surface area contributed by atoms with Crippen molar-refractivity contribution in [3.63, 3.8) is 0 Å². The summed E-state index contributed by atoms with van der Waals surface area (Å²) in [6.07, 6.45) is 3.62. The first-order valence-electron chi connectivity index (χ1n) is 8.64. The number of benzene rings is 1. The van der Waals surface area contributed by atoms with Crippen LogP contribution in [-0.4, -0.2) is 31.3 Å². The quantitative estimate of drug-likeness (QED) is 0.644. The zero-order chi connectivity index (χ0) is 17.5. The van der Waals surface area contributed by atoms with E-state index < -0.39 is 0 Å². The van der Waals surface area contributed by atoms with Crippen LogP contribution in [0, 0.1) is 17.2 Å². The molecule has 0 atom stereocenters. The van der Waals surface area contributed by atoms with Gasteiger partial charge >= 0.3 is 0 Å². The monoisotopic (exact) mass is 327 g/mol. The van der Waals surface area contributed by atoms with Crippen LogP contribution in [0.4, 0.5) is 5.69 Å². The molecule has 0 saturated carbocycles. The van der Waals surface area contributed by atoms with Gasteiger partial charge in [-0.05, 0) is 44.4 Å². The topological polar surface area (TPSA) is 73.2 Å². The lowest BCUT2D eigenvalue weighted by Crippen LogP contribution is -2.41. The lowest BCUT2D eigenvalue weighted by atomic mass is 9.94. The summed E-state index contributed by atoms with van der Waals surface area (Å²) in [7, 11) is 0. The van der Waals surface area contributed by atoms with E-state index in [9.17, 15) is 9.59 Å². The number of carbonyl (C=O) groups excluding carboxylic acids is 2. The number of carbonyl (C=O) groups is 2. The average Bonchev–Trinajstić information content (AvgIpc) is 2.61. The molecule has 1 fully saturated rings. The minimum atomic E-state index is -0.00563. The van der Waals surface area contributed by atoms with Crippen molar-refractivity contribution >= 4 is 17.4 Å². The van der Waals surface area contributed by atoms with Gasteiger partial charge in [-0.3, -0.25) is 9.59 Å². The third kappa shape index (κ3) is 4.35. The number of hydrogen-bond donors (Lipinski definition) is 1. The van der Waals surface area contributed by atoms with Gasteiger partial charge in [0.05, 0.1) is 11.6 Å². The third-order valence-electron chi connectivity index (χ3n) is 4.54. The van der Waals surface area contributed by atoms with Gasteiger partial charge in [0.25, 0.3) is 0 Å². The zero-order valence-corrected chi connectivity index (χ0v) is 14.5. The fourth-order valence-electron chi connectivity index (χ4n) is 3.08. The third-order valence-corrected chi connectivity index (χ3v) is 4.54. The van der Waals surface area contributed by atoms with E-state index in [4.69, 9.17) is 5.26 Å². The SMILES string of the molecule is CCCCNC(=O)C1CCN(c2cc(C#N)ccc2C(C)=O)CC1. The van der Waals surface area contributed by atoms with Crippen LogP contribution in [0.5, 0.6) is 0 Å². The summed E-state index contributed by atoms with van der Waals surface area (Å²) in [5, 5.41) is 12.1. The van der Waals surface area contributed by atoms with E-state index in [-0.39, 0.29) is 17.6 Å². The maximum absolute atomic E-state index is 12.2. The Morgan fingerprint density at radius 3 is 2.62 bits per heavy atom. The van der Waals surface area contributed by atoms with Gasteiger partial charge in [0.15, 0.2) is 5.78 Å². The summed E-state index contributed by atoms with van der Waals surface area (Å²) in [6, 6.07) is 7.30. The number of hydrogen-bond acceptors (Lipinski definition) is 4. The standard InChI is InChI=1S/C19H25N3O2/c1-3-4-9-21-19(24)16-7-10-22(11-8-16)18-12-15(13-20)5-6-17(18)14(2)23/h5-6,12,16H,3-4,7-11H2,1-2H3,(H,21,24). The second-order valence-corrected chi connectivity index (χ2v) is 6.31. The number of nitrogens with one attached hydrogen (secondary N) is 1. The highest BCUT2D eigenvalue weighted by molar-refractivity contribution is 6.00. The van der Waals surface area contributed by atoms with Gasteiger partial charge in [-0.15, -0.1) is 0 Å². The van der Waals surface area contributed by atoms with Crippen molar-refractivity contribution in [2.45, 2.75) is 39.5 Å². The number of nitriles is 1. The number of piperidine rings is 1. The summed E-state index contributed by atoms with van der Waals surface area (Å²) < 4.78 is 0. The predicted octanol–water partition coefficient (Wildman–Crippen LogP) is 2.89. The molecule has 5 nitrogen and oxygen atoms in total. The van der Waals surface area contributed by atoms with Crippen LogP contribution in [0.3, 0.4) is 0 Å². The van der Waals surface area contributed by atoms with Gasteiger partial charge in [0.1, 0.15) is 0 Å². The first-order valence-corrected chi connectivity index (χ1v) is 8.64. The van der Waals surface area contributed by atoms with Crippen molar-refractivity contribution in [3.05, 3.63) is 29.3 Å². The second-order valence-electron chi connectivity index (χ2n) is 6.31. The predicted molar refractivity (Wildman–Crippen MR) is 94.0 cm³/mol. The zero-order valence-electron chi connectivity index (χ0n) is 14.5. The first kappa shape index (κ1) is 18.0. The van der Waals surface area contributed by atoms with Crippen molar-refractivity contribution in [1.82, 2.24) is 5.32 Å². The number of amides is 1. The highest BCUT2D eigenvalue weighted by Gasteiger charge is 2.26. The lowest BCUT2D eigenvalue weighted by molar-refractivity contribution is -0.125. The fourth-order valence-corrected chi connectivity index (χ4v) is 3.08. The Balaban J connectivity index is 2.03. The average molecular weight is 327 g/mol. The summed E-state index contributed by atoms with van der Waals surface area (Å²) in [5.74, 6) is 0.174. The minimum absolute atomic E-state index is 0.00563. The molecule has 24 heavy (non-hydrogen) atoms. The molecule has 0 aliphatic carbocycles. The van der Waals surface area contributed by atoms with Crippen molar-refractivity contribution in [3.8, 4) is 6.07 Å². The Morgan fingerprint density at radius 1 is 1.33 bits per heavy atom. The molecule has 1 saturated heterocycles. The number of anilines is 1. The molecule has 1 N–H and O–H groups in total. The van der Waals surface area contributed by atoms with E-state index >= 15 is 0 Å². The molecule has 2 rings (SSSR count). The highest BCUT2D eigenvalue weighted by Crippen LogP contribution is 2.28. The molecule has 1 amide bonds. The number of rotatable bonds is 6. The molecule has 1 heterocycles. The van der Waals surface area contributed by atoms with E-state index in [1.165, 1.54) is 0 Å². The number of nitrogens with zero attached hydrogens (tertiary/aromatic N) is 2. The Bertz CT molecular complexity index is 641. The van der Waals surface area contributed by atoms with E-state index in [1.54, 1.807) is 25.1 Å². The van der Waals surface area contributed by atoms with Gasteiger partial charge in [0.2, 0.25) is 5.91 Å². The summed E-state index contributed by atoms with van der Waals surface area (Å²) >= 11 is 0. The molecule has 128 valence electrons. The van der Waals surface area contributed by atoms with E-state index in [0.29, 0.717) is 11.1 Å². The van der Waals surface area contributed by atoms with Crippen LogP contribution in [0.1, 0.15) is 55.5 Å². The first-order chi connectivity index (χ1) is 11.6. The van der Waals surface area contributed by atoms with Crippen LogP contribution in [-0.2, 0) is 4.79 Å². The molecule has 0 radical (unpaired) electrons. The molecule has 0 unspecified atom stereocenters. The van der Waals surface area contributed by atoms with Gasteiger partial charge in [-0.1, -0.05) is 13.3 Å². The molecule has 1 aromatic carbocycles. The molecular formula is C19H25N3O2. The van der Waals surface area contributed by atoms with Crippen molar-refractivity contribution in [2.24, 2.45) is 5.92 Å². The Labute approximate surface area is 143 Å². The van der Waals surface area contributed by atoms with Crippen LogP contribution < -0.4 is 10.2 Å². The van der Waals surface area contributed by atoms with Crippen molar-refractivity contribution in [1.29, 1.82) is 5.26 Å². The molecule has 1 aliphatic rings. The van der Waals surface area contributed by atoms with E-state index in [1.807, 2.05) is 0 Å². The molecule has 5 heteroatoms. The molecule has 0 bridgehead atoms. The Morgan fingerprint density at radius 2 is 2.04 bits per heavy atom. The van der Waals surface area contributed by atoms with E-state index in [2.05, 4.69) is 23.2 Å². The fraction of sp³-hybridized carbons (Fsp3) is 0.526.